The fourth-order valence-electron chi connectivity index (χ4n) is 0.530. The zero-order valence-electron chi connectivity index (χ0n) is 7.39. The van der Waals surface area contributed by atoms with Crippen LogP contribution in [0.15, 0.2) is 0 Å². The number of hydrogen-bond acceptors (Lipinski definition) is 7. The molecule has 0 aromatic heterocycles. The number of esters is 2. The summed E-state index contributed by atoms with van der Waals surface area (Å²) in [5, 5.41) is 18.1. The Balaban J connectivity index is -0.000000141. The monoisotopic (exact) mass is 269 g/mol. The Bertz CT molecular complexity index is 238. The summed E-state index contributed by atoms with van der Waals surface area (Å²) < 4.78 is 8.47. The summed E-state index contributed by atoms with van der Waals surface area (Å²) in [5.74, 6) is -3.57. The summed E-state index contributed by atoms with van der Waals surface area (Å²) >= 11 is 0. The van der Waals surface area contributed by atoms with Crippen LogP contribution in [0.3, 0.4) is 0 Å². The van der Waals surface area contributed by atoms with Gasteiger partial charge in [-0.2, -0.15) is 0 Å². The highest BCUT2D eigenvalue weighted by Gasteiger charge is 2.18. The smallest absolute Gasteiger partial charge is 0.347 e. The van der Waals surface area contributed by atoms with Crippen LogP contribution in [0.4, 0.5) is 0 Å². The van der Waals surface area contributed by atoms with Crippen LogP contribution in [-0.2, 0) is 23.9 Å². The third kappa shape index (κ3) is 14.4. The fourth-order valence-corrected chi connectivity index (χ4v) is 0.530. The van der Waals surface area contributed by atoms with Gasteiger partial charge in [0.15, 0.2) is 6.10 Å². The molecule has 0 aromatic carbocycles. The molecule has 7 heteroatoms. The van der Waals surface area contributed by atoms with Crippen molar-refractivity contribution in [2.24, 2.45) is 0 Å². The summed E-state index contributed by atoms with van der Waals surface area (Å²) in [4.78, 5) is 31.2. The summed E-state index contributed by atoms with van der Waals surface area (Å²) in [6.45, 7) is -0.580. The summed E-state index contributed by atoms with van der Waals surface area (Å²) in [6.07, 6.45) is -1.26. The SMILES string of the molecule is C.C.C.C.CC(OC(=O)CO)C(=O)OCC(=O)[O-]. The number of aliphatic hydroxyl groups excluding tert-OH is 1. The van der Waals surface area contributed by atoms with Crippen molar-refractivity contribution in [1.29, 1.82) is 0 Å². The van der Waals surface area contributed by atoms with Gasteiger partial charge >= 0.3 is 11.9 Å². The minimum absolute atomic E-state index is 0. The number of aliphatic carboxylic acids is 1. The van der Waals surface area contributed by atoms with Crippen molar-refractivity contribution in [3.8, 4) is 0 Å². The average molecular weight is 269 g/mol. The van der Waals surface area contributed by atoms with E-state index in [1.165, 1.54) is 6.92 Å². The highest BCUT2D eigenvalue weighted by Crippen LogP contribution is 1.94. The highest BCUT2D eigenvalue weighted by atomic mass is 16.6. The van der Waals surface area contributed by atoms with Crippen molar-refractivity contribution in [1.82, 2.24) is 0 Å². The van der Waals surface area contributed by atoms with E-state index < -0.39 is 37.2 Å². The van der Waals surface area contributed by atoms with Crippen molar-refractivity contribution in [3.63, 3.8) is 0 Å². The Morgan fingerprint density at radius 3 is 1.94 bits per heavy atom. The molecule has 0 heterocycles. The van der Waals surface area contributed by atoms with E-state index in [1.807, 2.05) is 0 Å². The molecule has 7 nitrogen and oxygen atoms in total. The van der Waals surface area contributed by atoms with Crippen LogP contribution in [0.5, 0.6) is 0 Å². The average Bonchev–Trinajstić information content (AvgIpc) is 2.13. The number of carboxylic acid groups (broad SMARTS) is 1. The molecule has 112 valence electrons. The number of rotatable bonds is 5. The van der Waals surface area contributed by atoms with Gasteiger partial charge < -0.3 is 24.5 Å². The van der Waals surface area contributed by atoms with Gasteiger partial charge in [-0.05, 0) is 6.92 Å². The highest BCUT2D eigenvalue weighted by molar-refractivity contribution is 5.80. The minimum atomic E-state index is -1.56. The van der Waals surface area contributed by atoms with Gasteiger partial charge in [-0.1, -0.05) is 29.7 Å². The Kier molecular flexibility index (Phi) is 25.5. The number of carbonyl (C=O) groups is 3. The molecule has 0 aliphatic carbocycles. The fraction of sp³-hybridized carbons (Fsp3) is 0.727. The molecular formula is C11H25O7-. The zero-order valence-corrected chi connectivity index (χ0v) is 7.39. The van der Waals surface area contributed by atoms with Gasteiger partial charge in [-0.15, -0.1) is 0 Å². The van der Waals surface area contributed by atoms with Crippen molar-refractivity contribution < 1.29 is 34.1 Å². The van der Waals surface area contributed by atoms with Gasteiger partial charge in [0.1, 0.15) is 13.2 Å². The number of carboxylic acids is 1. The van der Waals surface area contributed by atoms with Crippen LogP contribution in [0, 0.1) is 0 Å². The first-order chi connectivity index (χ1) is 6.47. The van der Waals surface area contributed by atoms with Crippen molar-refractivity contribution in [2.45, 2.75) is 42.7 Å². The second-order valence-electron chi connectivity index (χ2n) is 2.27. The van der Waals surface area contributed by atoms with Gasteiger partial charge in [0.05, 0.1) is 5.97 Å². The van der Waals surface area contributed by atoms with Crippen LogP contribution in [0.2, 0.25) is 0 Å². The van der Waals surface area contributed by atoms with Gasteiger partial charge in [0.25, 0.3) is 0 Å². The molecule has 0 rings (SSSR count). The standard InChI is InChI=1S/C7H10O7.4CH4/c1-4(14-6(11)2-8)7(12)13-3-5(9)10;;;;/h4,8H,2-3H2,1H3,(H,9,10);4*1H4/p-1. The molecule has 18 heavy (non-hydrogen) atoms. The van der Waals surface area contributed by atoms with Gasteiger partial charge in [-0.25, -0.2) is 9.59 Å². The lowest BCUT2D eigenvalue weighted by molar-refractivity contribution is -0.309. The normalized spacial score (nSPS) is 9.00. The first kappa shape index (κ1) is 29.9. The van der Waals surface area contributed by atoms with Crippen LogP contribution in [0.1, 0.15) is 36.6 Å². The van der Waals surface area contributed by atoms with Crippen molar-refractivity contribution in [3.05, 3.63) is 0 Å². The summed E-state index contributed by atoms with van der Waals surface area (Å²) in [6, 6.07) is 0. The quantitative estimate of drug-likeness (QED) is 0.684. The Morgan fingerprint density at radius 1 is 1.17 bits per heavy atom. The molecule has 0 amide bonds. The lowest BCUT2D eigenvalue weighted by atomic mass is 10.4. The maximum absolute atomic E-state index is 10.8. The van der Waals surface area contributed by atoms with Gasteiger partial charge in [-0.3, -0.25) is 0 Å². The molecule has 0 aromatic rings. The third-order valence-electron chi connectivity index (χ3n) is 1.10. The second kappa shape index (κ2) is 15.4. The Hall–Kier alpha value is -1.63. The van der Waals surface area contributed by atoms with Crippen LogP contribution in [0.25, 0.3) is 0 Å². The van der Waals surface area contributed by atoms with Crippen LogP contribution < -0.4 is 5.11 Å². The Labute approximate surface area is 109 Å². The van der Waals surface area contributed by atoms with E-state index in [-0.39, 0.29) is 29.7 Å². The lowest BCUT2D eigenvalue weighted by Crippen LogP contribution is -2.33. The van der Waals surface area contributed by atoms with Crippen LogP contribution >= 0.6 is 0 Å². The molecule has 0 saturated heterocycles. The number of ether oxygens (including phenoxy) is 2. The van der Waals surface area contributed by atoms with E-state index in [9.17, 15) is 19.5 Å². The van der Waals surface area contributed by atoms with E-state index in [0.717, 1.165) is 0 Å². The largest absolute Gasteiger partial charge is 0.546 e. The van der Waals surface area contributed by atoms with E-state index in [4.69, 9.17) is 5.11 Å². The Morgan fingerprint density at radius 2 is 1.61 bits per heavy atom. The van der Waals surface area contributed by atoms with Gasteiger partial charge in [0, 0.05) is 0 Å². The van der Waals surface area contributed by atoms with Crippen LogP contribution in [-0.4, -0.2) is 42.3 Å². The van der Waals surface area contributed by atoms with Gasteiger partial charge in [0.2, 0.25) is 0 Å². The molecule has 0 aliphatic rings. The topological polar surface area (TPSA) is 113 Å². The number of hydrogen-bond donors (Lipinski definition) is 1. The molecule has 0 aliphatic heterocycles. The van der Waals surface area contributed by atoms with E-state index >= 15 is 0 Å². The minimum Gasteiger partial charge on any atom is -0.546 e. The van der Waals surface area contributed by atoms with E-state index in [2.05, 4.69) is 9.47 Å². The summed E-state index contributed by atoms with van der Waals surface area (Å²) in [5.41, 5.74) is 0. The van der Waals surface area contributed by atoms with Crippen molar-refractivity contribution >= 4 is 17.9 Å². The third-order valence-corrected chi connectivity index (χ3v) is 1.10. The molecule has 0 radical (unpaired) electrons. The van der Waals surface area contributed by atoms with E-state index in [1.54, 1.807) is 0 Å². The predicted octanol–water partition coefficient (Wildman–Crippen LogP) is -0.252. The lowest BCUT2D eigenvalue weighted by Gasteiger charge is -2.11. The second-order valence-corrected chi connectivity index (χ2v) is 2.27. The van der Waals surface area contributed by atoms with E-state index in [0.29, 0.717) is 0 Å². The number of carbonyl (C=O) groups excluding carboxylic acids is 3. The molecular weight excluding hydrogens is 244 g/mol. The molecule has 1 N–H and O–H groups in total. The molecule has 0 spiro atoms. The molecule has 1 atom stereocenters. The first-order valence-corrected chi connectivity index (χ1v) is 3.64. The molecule has 1 unspecified atom stereocenters. The summed E-state index contributed by atoms with van der Waals surface area (Å²) in [7, 11) is 0. The number of aliphatic hydroxyl groups is 1. The molecule has 0 saturated carbocycles. The maximum atomic E-state index is 10.8. The zero-order chi connectivity index (χ0) is 11.1. The maximum Gasteiger partial charge on any atom is 0.347 e. The van der Waals surface area contributed by atoms with Crippen molar-refractivity contribution in [2.75, 3.05) is 13.2 Å². The predicted molar refractivity (Wildman–Crippen MR) is 65.5 cm³/mol. The molecule has 0 fully saturated rings. The molecule has 0 bridgehead atoms. The first-order valence-electron chi connectivity index (χ1n) is 3.64.